The lowest BCUT2D eigenvalue weighted by molar-refractivity contribution is -0.119. The molecule has 0 spiro atoms. The van der Waals surface area contributed by atoms with Crippen LogP contribution >= 0.6 is 0 Å². The molecule has 2 amide bonds. The van der Waals surface area contributed by atoms with Crippen molar-refractivity contribution < 1.29 is 23.5 Å². The molecule has 2 N–H and O–H groups in total. The second-order valence-corrected chi connectivity index (χ2v) is 6.75. The Bertz CT molecular complexity index is 939. The zero-order chi connectivity index (χ0) is 21.0. The fourth-order valence-corrected chi connectivity index (χ4v) is 3.22. The lowest BCUT2D eigenvalue weighted by Crippen LogP contribution is -2.49. The van der Waals surface area contributed by atoms with E-state index in [1.165, 1.54) is 13.0 Å². The molecule has 152 valence electrons. The van der Waals surface area contributed by atoms with Crippen LogP contribution in [0.5, 0.6) is 5.75 Å². The first-order valence-electron chi connectivity index (χ1n) is 9.21. The summed E-state index contributed by atoms with van der Waals surface area (Å²) in [5, 5.41) is 0. The Labute approximate surface area is 167 Å². The second kappa shape index (κ2) is 8.72. The van der Waals surface area contributed by atoms with Crippen molar-refractivity contribution in [2.45, 2.75) is 6.92 Å². The van der Waals surface area contributed by atoms with Crippen molar-refractivity contribution in [2.75, 3.05) is 37.7 Å². The number of hydrogen-bond donors (Lipinski definition) is 1. The number of primary amides is 1. The van der Waals surface area contributed by atoms with Gasteiger partial charge in [-0.2, -0.15) is 0 Å². The van der Waals surface area contributed by atoms with Gasteiger partial charge in [-0.05, 0) is 37.3 Å². The smallest absolute Gasteiger partial charge is 0.257 e. The molecule has 8 heteroatoms. The summed E-state index contributed by atoms with van der Waals surface area (Å²) in [6.45, 7) is 2.78. The number of benzene rings is 2. The van der Waals surface area contributed by atoms with Crippen LogP contribution in [0.15, 0.2) is 42.5 Å². The molecule has 1 aliphatic heterocycles. The van der Waals surface area contributed by atoms with Crippen molar-refractivity contribution in [3.8, 4) is 5.75 Å². The van der Waals surface area contributed by atoms with Gasteiger partial charge in [0.2, 0.25) is 0 Å². The summed E-state index contributed by atoms with van der Waals surface area (Å²) in [6, 6.07) is 11.1. The minimum atomic E-state index is -0.626. The van der Waals surface area contributed by atoms with Crippen LogP contribution < -0.4 is 15.4 Å². The van der Waals surface area contributed by atoms with E-state index < -0.39 is 11.7 Å². The molecule has 0 saturated carbocycles. The minimum absolute atomic E-state index is 0.192. The summed E-state index contributed by atoms with van der Waals surface area (Å²) >= 11 is 0. The maximum absolute atomic E-state index is 14.4. The molecule has 0 aromatic heterocycles. The van der Waals surface area contributed by atoms with Gasteiger partial charge in [0, 0.05) is 31.7 Å². The SMILES string of the molecule is CC(=O)c1ccc(N2CCN(C(=O)c3ccccc3OCC(N)=O)CC2)c(F)c1. The van der Waals surface area contributed by atoms with E-state index >= 15 is 0 Å². The third-order valence-corrected chi connectivity index (χ3v) is 4.75. The minimum Gasteiger partial charge on any atom is -0.483 e. The summed E-state index contributed by atoms with van der Waals surface area (Å²) in [5.41, 5.74) is 6.19. The van der Waals surface area contributed by atoms with Crippen LogP contribution in [0.4, 0.5) is 10.1 Å². The fourth-order valence-electron chi connectivity index (χ4n) is 3.22. The Morgan fingerprint density at radius 2 is 1.76 bits per heavy atom. The Kier molecular flexibility index (Phi) is 6.11. The zero-order valence-corrected chi connectivity index (χ0v) is 16.1. The number of amides is 2. The third-order valence-electron chi connectivity index (χ3n) is 4.75. The Morgan fingerprint density at radius 1 is 1.07 bits per heavy atom. The summed E-state index contributed by atoms with van der Waals surface area (Å²) in [7, 11) is 0. The predicted molar refractivity (Wildman–Crippen MR) is 106 cm³/mol. The second-order valence-electron chi connectivity index (χ2n) is 6.75. The van der Waals surface area contributed by atoms with Gasteiger partial charge in [-0.25, -0.2) is 4.39 Å². The molecule has 29 heavy (non-hydrogen) atoms. The fraction of sp³-hybridized carbons (Fsp3) is 0.286. The largest absolute Gasteiger partial charge is 0.483 e. The Morgan fingerprint density at radius 3 is 2.38 bits per heavy atom. The first-order valence-corrected chi connectivity index (χ1v) is 9.21. The molecule has 7 nitrogen and oxygen atoms in total. The van der Waals surface area contributed by atoms with Crippen LogP contribution in [0.3, 0.4) is 0 Å². The summed E-state index contributed by atoms with van der Waals surface area (Å²) in [5.74, 6) is -1.20. The van der Waals surface area contributed by atoms with E-state index in [-0.39, 0.29) is 18.3 Å². The maximum Gasteiger partial charge on any atom is 0.257 e. The van der Waals surface area contributed by atoms with Crippen LogP contribution in [-0.4, -0.2) is 55.3 Å². The van der Waals surface area contributed by atoms with E-state index in [1.54, 1.807) is 41.3 Å². The lowest BCUT2D eigenvalue weighted by Gasteiger charge is -2.36. The van der Waals surface area contributed by atoms with Crippen molar-refractivity contribution in [3.05, 3.63) is 59.4 Å². The molecule has 0 atom stereocenters. The number of rotatable bonds is 6. The molecule has 3 rings (SSSR count). The van der Waals surface area contributed by atoms with Crippen molar-refractivity contribution in [1.29, 1.82) is 0 Å². The van der Waals surface area contributed by atoms with Gasteiger partial charge in [0.15, 0.2) is 12.4 Å². The average molecular weight is 399 g/mol. The van der Waals surface area contributed by atoms with E-state index in [1.807, 2.05) is 4.90 Å². The normalized spacial score (nSPS) is 13.9. The molecule has 1 aliphatic rings. The van der Waals surface area contributed by atoms with Crippen molar-refractivity contribution in [2.24, 2.45) is 5.73 Å². The quantitative estimate of drug-likeness (QED) is 0.749. The average Bonchev–Trinajstić information content (AvgIpc) is 2.72. The predicted octanol–water partition coefficient (Wildman–Crippen LogP) is 1.85. The number of para-hydroxylation sites is 1. The van der Waals surface area contributed by atoms with Crippen LogP contribution in [0.1, 0.15) is 27.6 Å². The molecule has 0 radical (unpaired) electrons. The third kappa shape index (κ3) is 4.71. The highest BCUT2D eigenvalue weighted by Gasteiger charge is 2.25. The number of carbonyl (C=O) groups is 3. The van der Waals surface area contributed by atoms with E-state index in [0.29, 0.717) is 48.7 Å². The van der Waals surface area contributed by atoms with E-state index in [9.17, 15) is 18.8 Å². The summed E-state index contributed by atoms with van der Waals surface area (Å²) in [6.07, 6.45) is 0. The highest BCUT2D eigenvalue weighted by Crippen LogP contribution is 2.24. The first kappa shape index (κ1) is 20.3. The Balaban J connectivity index is 1.68. The Hall–Kier alpha value is -3.42. The highest BCUT2D eigenvalue weighted by atomic mass is 19.1. The molecule has 2 aromatic carbocycles. The highest BCUT2D eigenvalue weighted by molar-refractivity contribution is 5.97. The number of ether oxygens (including phenoxy) is 1. The molecular formula is C21H22FN3O4. The first-order chi connectivity index (χ1) is 13.9. The maximum atomic E-state index is 14.4. The molecule has 1 fully saturated rings. The number of Topliss-reactive ketones (excluding diaryl/α,β-unsaturated/α-hetero) is 1. The molecule has 0 aliphatic carbocycles. The molecule has 2 aromatic rings. The summed E-state index contributed by atoms with van der Waals surface area (Å²) < 4.78 is 19.7. The monoisotopic (exact) mass is 399 g/mol. The van der Waals surface area contributed by atoms with Gasteiger partial charge in [0.25, 0.3) is 11.8 Å². The van der Waals surface area contributed by atoms with Crippen molar-refractivity contribution in [3.63, 3.8) is 0 Å². The van der Waals surface area contributed by atoms with Crippen molar-refractivity contribution >= 4 is 23.3 Å². The van der Waals surface area contributed by atoms with Crippen LogP contribution in [-0.2, 0) is 4.79 Å². The van der Waals surface area contributed by atoms with Crippen LogP contribution in [0, 0.1) is 5.82 Å². The summed E-state index contributed by atoms with van der Waals surface area (Å²) in [4.78, 5) is 38.7. The zero-order valence-electron chi connectivity index (χ0n) is 16.1. The van der Waals surface area contributed by atoms with Gasteiger partial charge >= 0.3 is 0 Å². The van der Waals surface area contributed by atoms with Gasteiger partial charge in [0.1, 0.15) is 11.6 Å². The standard InChI is InChI=1S/C21H22FN3O4/c1-14(26)15-6-7-18(17(22)12-15)24-8-10-25(11-9-24)21(28)16-4-2-3-5-19(16)29-13-20(23)27/h2-7,12H,8-11,13H2,1H3,(H2,23,27). The molecule has 0 unspecified atom stereocenters. The number of nitrogens with zero attached hydrogens (tertiary/aromatic N) is 2. The number of carbonyl (C=O) groups excluding carboxylic acids is 3. The van der Waals surface area contributed by atoms with Gasteiger partial charge in [-0.15, -0.1) is 0 Å². The van der Waals surface area contributed by atoms with Gasteiger partial charge in [0.05, 0.1) is 11.3 Å². The van der Waals surface area contributed by atoms with E-state index in [0.717, 1.165) is 0 Å². The number of nitrogens with two attached hydrogens (primary N) is 1. The topological polar surface area (TPSA) is 92.9 Å². The van der Waals surface area contributed by atoms with Gasteiger partial charge < -0.3 is 20.3 Å². The van der Waals surface area contributed by atoms with Crippen LogP contribution in [0.25, 0.3) is 0 Å². The van der Waals surface area contributed by atoms with E-state index in [4.69, 9.17) is 10.5 Å². The molecule has 1 heterocycles. The van der Waals surface area contributed by atoms with Gasteiger partial charge in [-0.1, -0.05) is 12.1 Å². The molecule has 1 saturated heterocycles. The number of hydrogen-bond acceptors (Lipinski definition) is 5. The number of ketones is 1. The van der Waals surface area contributed by atoms with Gasteiger partial charge in [-0.3, -0.25) is 14.4 Å². The number of anilines is 1. The lowest BCUT2D eigenvalue weighted by atomic mass is 10.1. The van der Waals surface area contributed by atoms with Crippen LogP contribution in [0.2, 0.25) is 0 Å². The molecule has 0 bridgehead atoms. The van der Waals surface area contributed by atoms with E-state index in [2.05, 4.69) is 0 Å². The number of piperazine rings is 1. The van der Waals surface area contributed by atoms with Crippen molar-refractivity contribution in [1.82, 2.24) is 4.90 Å². The molecular weight excluding hydrogens is 377 g/mol. The number of halogens is 1.